The molecular weight excluding hydrogens is 345 g/mol. The van der Waals surface area contributed by atoms with E-state index in [-0.39, 0.29) is 11.9 Å². The van der Waals surface area contributed by atoms with Crippen molar-refractivity contribution in [1.82, 2.24) is 15.5 Å². The van der Waals surface area contributed by atoms with Crippen molar-refractivity contribution < 1.29 is 18.0 Å². The van der Waals surface area contributed by atoms with E-state index < -0.39 is 11.7 Å². The Labute approximate surface area is 151 Å². The third-order valence-electron chi connectivity index (χ3n) is 4.40. The largest absolute Gasteiger partial charge is 0.416 e. The van der Waals surface area contributed by atoms with Crippen molar-refractivity contribution in [3.05, 3.63) is 35.4 Å². The van der Waals surface area contributed by atoms with Crippen molar-refractivity contribution in [3.63, 3.8) is 0 Å². The van der Waals surface area contributed by atoms with Crippen molar-refractivity contribution >= 4 is 11.9 Å². The van der Waals surface area contributed by atoms with Gasteiger partial charge < -0.3 is 15.5 Å². The molecule has 0 radical (unpaired) electrons. The molecule has 1 heterocycles. The summed E-state index contributed by atoms with van der Waals surface area (Å²) < 4.78 is 37.7. The first-order valence-electron chi connectivity index (χ1n) is 8.74. The number of likely N-dealkylation sites (tertiary alicyclic amines) is 1. The second-order valence-corrected chi connectivity index (χ2v) is 6.27. The van der Waals surface area contributed by atoms with E-state index in [0.29, 0.717) is 31.9 Å². The van der Waals surface area contributed by atoms with Gasteiger partial charge in [0.25, 0.3) is 0 Å². The molecule has 0 aromatic heterocycles. The quantitative estimate of drug-likeness (QED) is 0.618. The highest BCUT2D eigenvalue weighted by Crippen LogP contribution is 2.29. The Balaban J connectivity index is 1.76. The van der Waals surface area contributed by atoms with Crippen LogP contribution in [0.4, 0.5) is 13.2 Å². The smallest absolute Gasteiger partial charge is 0.356 e. The summed E-state index contributed by atoms with van der Waals surface area (Å²) in [5, 5.41) is 6.45. The molecule has 1 unspecified atom stereocenters. The number of nitrogens with zero attached hydrogens (tertiary/aromatic N) is 2. The van der Waals surface area contributed by atoms with Gasteiger partial charge in [-0.25, -0.2) is 0 Å². The summed E-state index contributed by atoms with van der Waals surface area (Å²) in [7, 11) is 1.66. The normalized spacial score (nSPS) is 18.1. The average Bonchev–Trinajstić information content (AvgIpc) is 3.08. The number of benzene rings is 1. The minimum Gasteiger partial charge on any atom is -0.356 e. The molecule has 8 heteroatoms. The molecular formula is C18H25F3N4O. The molecule has 26 heavy (non-hydrogen) atoms. The van der Waals surface area contributed by atoms with Crippen LogP contribution < -0.4 is 10.6 Å². The minimum absolute atomic E-state index is 0.152. The zero-order valence-electron chi connectivity index (χ0n) is 15.1. The highest BCUT2D eigenvalue weighted by atomic mass is 19.4. The summed E-state index contributed by atoms with van der Waals surface area (Å²) in [6, 6.07) is 5.33. The van der Waals surface area contributed by atoms with Gasteiger partial charge in [0.15, 0.2) is 5.96 Å². The van der Waals surface area contributed by atoms with Gasteiger partial charge in [-0.3, -0.25) is 9.79 Å². The number of guanidine groups is 1. The zero-order chi connectivity index (χ0) is 19.2. The van der Waals surface area contributed by atoms with Crippen molar-refractivity contribution in [2.75, 3.05) is 26.7 Å². The minimum atomic E-state index is -4.31. The maximum absolute atomic E-state index is 12.6. The van der Waals surface area contributed by atoms with Gasteiger partial charge in [0.1, 0.15) is 0 Å². The molecule has 1 saturated heterocycles. The molecule has 1 aliphatic heterocycles. The monoisotopic (exact) mass is 370 g/mol. The summed E-state index contributed by atoms with van der Waals surface area (Å²) in [6.45, 7) is 3.80. The zero-order valence-corrected chi connectivity index (χ0v) is 15.1. The molecule has 1 aromatic rings. The van der Waals surface area contributed by atoms with Crippen molar-refractivity contribution in [2.45, 2.75) is 38.4 Å². The molecule has 1 atom stereocenters. The fourth-order valence-electron chi connectivity index (χ4n) is 2.90. The maximum Gasteiger partial charge on any atom is 0.416 e. The molecule has 1 amide bonds. The van der Waals surface area contributed by atoms with Crippen LogP contribution in [0.5, 0.6) is 0 Å². The van der Waals surface area contributed by atoms with Gasteiger partial charge in [0, 0.05) is 39.1 Å². The van der Waals surface area contributed by atoms with Crippen LogP contribution in [0.1, 0.15) is 30.9 Å². The number of carbonyl (C=O) groups is 1. The fraction of sp³-hybridized carbons (Fsp3) is 0.556. The molecule has 2 N–H and O–H groups in total. The topological polar surface area (TPSA) is 56.7 Å². The Bertz CT molecular complexity index is 628. The first kappa shape index (κ1) is 20.1. The second kappa shape index (κ2) is 8.91. The predicted molar refractivity (Wildman–Crippen MR) is 94.9 cm³/mol. The summed E-state index contributed by atoms with van der Waals surface area (Å²) >= 11 is 0. The first-order valence-corrected chi connectivity index (χ1v) is 8.74. The summed E-state index contributed by atoms with van der Waals surface area (Å²) in [5.74, 6) is 0.784. The van der Waals surface area contributed by atoms with E-state index >= 15 is 0 Å². The van der Waals surface area contributed by atoms with Crippen LogP contribution in [0.2, 0.25) is 0 Å². The lowest BCUT2D eigenvalue weighted by molar-refractivity contribution is -0.137. The molecule has 1 fully saturated rings. The van der Waals surface area contributed by atoms with E-state index in [0.717, 1.165) is 30.7 Å². The van der Waals surface area contributed by atoms with E-state index in [1.54, 1.807) is 7.05 Å². The van der Waals surface area contributed by atoms with Crippen LogP contribution in [-0.4, -0.2) is 49.5 Å². The highest BCUT2D eigenvalue weighted by Gasteiger charge is 2.30. The first-order chi connectivity index (χ1) is 12.3. The van der Waals surface area contributed by atoms with E-state index in [1.165, 1.54) is 12.1 Å². The van der Waals surface area contributed by atoms with E-state index in [1.807, 2.05) is 11.8 Å². The van der Waals surface area contributed by atoms with Crippen LogP contribution >= 0.6 is 0 Å². The summed E-state index contributed by atoms with van der Waals surface area (Å²) in [5.41, 5.74) is 0.181. The Morgan fingerprint density at radius 2 is 2.00 bits per heavy atom. The van der Waals surface area contributed by atoms with Gasteiger partial charge in [-0.1, -0.05) is 19.1 Å². The SMILES string of the molecule is CCC(=O)N1CCC(NC(=NC)NCCc2ccc(C(F)(F)F)cc2)C1. The number of rotatable bonds is 5. The van der Waals surface area contributed by atoms with Gasteiger partial charge >= 0.3 is 6.18 Å². The van der Waals surface area contributed by atoms with Gasteiger partial charge in [-0.05, 0) is 30.5 Å². The number of hydrogen-bond acceptors (Lipinski definition) is 2. The van der Waals surface area contributed by atoms with Crippen molar-refractivity contribution in [3.8, 4) is 0 Å². The third-order valence-corrected chi connectivity index (χ3v) is 4.40. The number of hydrogen-bond donors (Lipinski definition) is 2. The number of aliphatic imine (C=N–C) groups is 1. The Morgan fingerprint density at radius 1 is 1.31 bits per heavy atom. The van der Waals surface area contributed by atoms with Gasteiger partial charge in [-0.2, -0.15) is 13.2 Å². The molecule has 0 bridgehead atoms. The lowest BCUT2D eigenvalue weighted by Crippen LogP contribution is -2.45. The highest BCUT2D eigenvalue weighted by molar-refractivity contribution is 5.80. The number of alkyl halides is 3. The van der Waals surface area contributed by atoms with E-state index in [2.05, 4.69) is 15.6 Å². The molecule has 0 saturated carbocycles. The molecule has 2 rings (SSSR count). The fourth-order valence-corrected chi connectivity index (χ4v) is 2.90. The summed E-state index contributed by atoms with van der Waals surface area (Å²) in [4.78, 5) is 17.7. The second-order valence-electron chi connectivity index (χ2n) is 6.27. The van der Waals surface area contributed by atoms with Crippen LogP contribution in [0, 0.1) is 0 Å². The van der Waals surface area contributed by atoms with Crippen molar-refractivity contribution in [1.29, 1.82) is 0 Å². The van der Waals surface area contributed by atoms with Gasteiger partial charge in [-0.15, -0.1) is 0 Å². The predicted octanol–water partition coefficient (Wildman–Crippen LogP) is 2.42. The number of nitrogens with one attached hydrogen (secondary N) is 2. The molecule has 0 aliphatic carbocycles. The van der Waals surface area contributed by atoms with E-state index in [4.69, 9.17) is 0 Å². The molecule has 5 nitrogen and oxygen atoms in total. The van der Waals surface area contributed by atoms with Gasteiger partial charge in [0.2, 0.25) is 5.91 Å². The maximum atomic E-state index is 12.6. The van der Waals surface area contributed by atoms with Crippen molar-refractivity contribution in [2.24, 2.45) is 4.99 Å². The molecule has 1 aliphatic rings. The number of halogens is 3. The van der Waals surface area contributed by atoms with Gasteiger partial charge in [0.05, 0.1) is 5.56 Å². The molecule has 1 aromatic carbocycles. The molecule has 144 valence electrons. The Kier molecular flexibility index (Phi) is 6.88. The summed E-state index contributed by atoms with van der Waals surface area (Å²) in [6.07, 6.45) is -2.35. The standard InChI is InChI=1S/C18H25F3N4O/c1-3-16(26)25-11-9-15(12-25)24-17(22-2)23-10-8-13-4-6-14(7-5-13)18(19,20)21/h4-7,15H,3,8-12H2,1-2H3,(H2,22,23,24). The number of carbonyl (C=O) groups excluding carboxylic acids is 1. The Hall–Kier alpha value is -2.25. The third kappa shape index (κ3) is 5.64. The van der Waals surface area contributed by atoms with Crippen LogP contribution in [0.25, 0.3) is 0 Å². The van der Waals surface area contributed by atoms with E-state index in [9.17, 15) is 18.0 Å². The lowest BCUT2D eigenvalue weighted by atomic mass is 10.1. The van der Waals surface area contributed by atoms with Crippen LogP contribution in [0.15, 0.2) is 29.3 Å². The number of amides is 1. The molecule has 0 spiro atoms. The van der Waals surface area contributed by atoms with Crippen LogP contribution in [-0.2, 0) is 17.4 Å². The average molecular weight is 370 g/mol. The lowest BCUT2D eigenvalue weighted by Gasteiger charge is -2.18. The van der Waals surface area contributed by atoms with Crippen LogP contribution in [0.3, 0.4) is 0 Å². The Morgan fingerprint density at radius 3 is 2.58 bits per heavy atom.